The van der Waals surface area contributed by atoms with Crippen LogP contribution in [-0.2, 0) is 0 Å². The van der Waals surface area contributed by atoms with Crippen LogP contribution >= 0.6 is 0 Å². The predicted molar refractivity (Wildman–Crippen MR) is 105 cm³/mol. The van der Waals surface area contributed by atoms with Gasteiger partial charge in [-0.2, -0.15) is 0 Å². The molecule has 25 heavy (non-hydrogen) atoms. The summed E-state index contributed by atoms with van der Waals surface area (Å²) in [7, 11) is 1.72. The number of para-hydroxylation sites is 2. The molecule has 0 aliphatic carbocycles. The Balaban J connectivity index is 1.55. The average molecular weight is 338 g/mol. The Bertz CT molecular complexity index is 727. The van der Waals surface area contributed by atoms with E-state index >= 15 is 0 Å². The van der Waals surface area contributed by atoms with E-state index < -0.39 is 0 Å². The number of nitrogens with two attached hydrogens (primary N) is 1. The van der Waals surface area contributed by atoms with Crippen molar-refractivity contribution in [2.45, 2.75) is 13.3 Å². The zero-order chi connectivity index (χ0) is 17.6. The number of hydrogen-bond donors (Lipinski definition) is 2. The van der Waals surface area contributed by atoms with Crippen molar-refractivity contribution in [3.63, 3.8) is 0 Å². The number of guanidine groups is 1. The van der Waals surface area contributed by atoms with Gasteiger partial charge in [-0.1, -0.05) is 29.8 Å². The summed E-state index contributed by atoms with van der Waals surface area (Å²) in [6.07, 6.45) is 1.11. The summed E-state index contributed by atoms with van der Waals surface area (Å²) in [5.41, 5.74) is 9.37. The largest absolute Gasteiger partial charge is 0.495 e. The van der Waals surface area contributed by atoms with Crippen LogP contribution in [0.15, 0.2) is 53.5 Å². The minimum absolute atomic E-state index is 0.472. The minimum atomic E-state index is 0.472. The third kappa shape index (κ3) is 4.44. The van der Waals surface area contributed by atoms with E-state index in [0.717, 1.165) is 43.2 Å². The number of aliphatic imine (C=N–C) groups is 1. The molecule has 0 bridgehead atoms. The maximum Gasteiger partial charge on any atom is 0.193 e. The third-order valence-corrected chi connectivity index (χ3v) is 4.56. The van der Waals surface area contributed by atoms with Crippen molar-refractivity contribution in [3.05, 3.63) is 54.1 Å². The summed E-state index contributed by atoms with van der Waals surface area (Å²) in [4.78, 5) is 6.88. The fourth-order valence-corrected chi connectivity index (χ4v) is 3.14. The van der Waals surface area contributed by atoms with Crippen LogP contribution in [0.2, 0.25) is 0 Å². The van der Waals surface area contributed by atoms with Crippen molar-refractivity contribution >= 4 is 17.3 Å². The summed E-state index contributed by atoms with van der Waals surface area (Å²) >= 11 is 0. The highest BCUT2D eigenvalue weighted by atomic mass is 16.5. The van der Waals surface area contributed by atoms with Gasteiger partial charge in [0.15, 0.2) is 5.96 Å². The van der Waals surface area contributed by atoms with Crippen molar-refractivity contribution in [2.24, 2.45) is 16.6 Å². The van der Waals surface area contributed by atoms with Crippen molar-refractivity contribution in [1.82, 2.24) is 0 Å². The van der Waals surface area contributed by atoms with Crippen LogP contribution in [0.25, 0.3) is 0 Å². The number of nitrogens with one attached hydrogen (secondary N) is 1. The molecular weight excluding hydrogens is 312 g/mol. The van der Waals surface area contributed by atoms with Crippen molar-refractivity contribution in [3.8, 4) is 5.75 Å². The van der Waals surface area contributed by atoms with Crippen LogP contribution in [0.4, 0.5) is 11.4 Å². The number of anilines is 2. The van der Waals surface area contributed by atoms with Gasteiger partial charge in [0, 0.05) is 25.3 Å². The molecule has 5 heteroatoms. The van der Waals surface area contributed by atoms with Gasteiger partial charge in [0.2, 0.25) is 0 Å². The fraction of sp³-hybridized carbons (Fsp3) is 0.350. The molecule has 2 aromatic rings. The van der Waals surface area contributed by atoms with E-state index in [9.17, 15) is 0 Å². The number of benzene rings is 2. The Kier molecular flexibility index (Phi) is 5.43. The van der Waals surface area contributed by atoms with Gasteiger partial charge in [-0.05, 0) is 43.5 Å². The van der Waals surface area contributed by atoms with Gasteiger partial charge in [-0.3, -0.25) is 4.99 Å². The number of methoxy groups -OCH3 is 1. The maximum absolute atomic E-state index is 6.02. The standard InChI is InChI=1S/C20H26N4O/c1-15-7-9-17(10-8-15)23-20(21)22-13-16-11-12-24(14-16)18-5-3-4-6-19(18)25-2/h3-10,16H,11-14H2,1-2H3,(H3,21,22,23)/t16-/m0/s1. The lowest BCUT2D eigenvalue weighted by atomic mass is 10.1. The molecule has 0 spiro atoms. The van der Waals surface area contributed by atoms with E-state index in [-0.39, 0.29) is 0 Å². The van der Waals surface area contributed by atoms with E-state index in [1.165, 1.54) is 5.56 Å². The molecule has 132 valence electrons. The molecule has 0 saturated carbocycles. The Morgan fingerprint density at radius 2 is 2.00 bits per heavy atom. The van der Waals surface area contributed by atoms with Gasteiger partial charge in [0.05, 0.1) is 12.8 Å². The molecule has 1 fully saturated rings. The normalized spacial score (nSPS) is 17.6. The molecule has 0 amide bonds. The molecule has 3 N–H and O–H groups in total. The summed E-state index contributed by atoms with van der Waals surface area (Å²) in [6.45, 7) is 4.79. The van der Waals surface area contributed by atoms with Crippen LogP contribution in [0.1, 0.15) is 12.0 Å². The maximum atomic E-state index is 6.02. The third-order valence-electron chi connectivity index (χ3n) is 4.56. The van der Waals surface area contributed by atoms with E-state index in [1.54, 1.807) is 7.11 Å². The lowest BCUT2D eigenvalue weighted by molar-refractivity contribution is 0.414. The lowest BCUT2D eigenvalue weighted by Gasteiger charge is -2.21. The Hall–Kier alpha value is -2.69. The molecule has 2 aromatic carbocycles. The predicted octanol–water partition coefficient (Wildman–Crippen LogP) is 3.26. The van der Waals surface area contributed by atoms with E-state index in [4.69, 9.17) is 10.5 Å². The topological polar surface area (TPSA) is 62.9 Å². The summed E-state index contributed by atoms with van der Waals surface area (Å²) < 4.78 is 5.47. The molecule has 1 heterocycles. The van der Waals surface area contributed by atoms with Gasteiger partial charge in [-0.25, -0.2) is 0 Å². The van der Waals surface area contributed by atoms with Crippen molar-refractivity contribution in [2.75, 3.05) is 37.0 Å². The molecule has 0 radical (unpaired) electrons. The smallest absolute Gasteiger partial charge is 0.193 e. The van der Waals surface area contributed by atoms with Gasteiger partial charge in [-0.15, -0.1) is 0 Å². The van der Waals surface area contributed by atoms with Crippen LogP contribution in [0.3, 0.4) is 0 Å². The Morgan fingerprint density at radius 3 is 2.76 bits per heavy atom. The van der Waals surface area contributed by atoms with Crippen LogP contribution in [-0.4, -0.2) is 32.7 Å². The second-order valence-corrected chi connectivity index (χ2v) is 6.49. The molecule has 1 saturated heterocycles. The van der Waals surface area contributed by atoms with Crippen LogP contribution in [0, 0.1) is 12.8 Å². The quantitative estimate of drug-likeness (QED) is 0.649. The SMILES string of the molecule is COc1ccccc1N1CC[C@@H](CN=C(N)Nc2ccc(C)cc2)C1. The van der Waals surface area contributed by atoms with Crippen molar-refractivity contribution < 1.29 is 4.74 Å². The fourth-order valence-electron chi connectivity index (χ4n) is 3.14. The van der Waals surface area contributed by atoms with E-state index in [2.05, 4.69) is 40.3 Å². The first kappa shape index (κ1) is 17.1. The van der Waals surface area contributed by atoms with Gasteiger partial charge >= 0.3 is 0 Å². The number of rotatable bonds is 5. The molecule has 1 atom stereocenters. The number of aryl methyl sites for hydroxylation is 1. The highest BCUT2D eigenvalue weighted by Crippen LogP contribution is 2.31. The van der Waals surface area contributed by atoms with E-state index in [0.29, 0.717) is 11.9 Å². The summed E-state index contributed by atoms with van der Waals surface area (Å²) in [5, 5.41) is 3.15. The average Bonchev–Trinajstić information content (AvgIpc) is 3.11. The minimum Gasteiger partial charge on any atom is -0.495 e. The first-order valence-corrected chi connectivity index (χ1v) is 8.67. The lowest BCUT2D eigenvalue weighted by Crippen LogP contribution is -2.25. The number of nitrogens with zero attached hydrogens (tertiary/aromatic N) is 2. The second kappa shape index (κ2) is 7.92. The first-order chi connectivity index (χ1) is 12.2. The van der Waals surface area contributed by atoms with Gasteiger partial charge in [0.25, 0.3) is 0 Å². The molecule has 1 aliphatic heterocycles. The van der Waals surface area contributed by atoms with Crippen LogP contribution in [0.5, 0.6) is 5.75 Å². The Morgan fingerprint density at radius 1 is 1.24 bits per heavy atom. The highest BCUT2D eigenvalue weighted by Gasteiger charge is 2.24. The Labute approximate surface area is 149 Å². The highest BCUT2D eigenvalue weighted by molar-refractivity contribution is 5.92. The van der Waals surface area contributed by atoms with Crippen molar-refractivity contribution in [1.29, 1.82) is 0 Å². The second-order valence-electron chi connectivity index (χ2n) is 6.49. The number of ether oxygens (including phenoxy) is 1. The zero-order valence-electron chi connectivity index (χ0n) is 14.9. The molecule has 5 nitrogen and oxygen atoms in total. The molecule has 0 aromatic heterocycles. The first-order valence-electron chi connectivity index (χ1n) is 8.67. The van der Waals surface area contributed by atoms with Crippen LogP contribution < -0.4 is 20.7 Å². The molecule has 3 rings (SSSR count). The molecular formula is C20H26N4O. The number of hydrogen-bond acceptors (Lipinski definition) is 3. The van der Waals surface area contributed by atoms with Gasteiger partial charge < -0.3 is 20.7 Å². The summed E-state index contributed by atoms with van der Waals surface area (Å²) in [5.74, 6) is 1.90. The van der Waals surface area contributed by atoms with E-state index in [1.807, 2.05) is 30.3 Å². The van der Waals surface area contributed by atoms with Gasteiger partial charge in [0.1, 0.15) is 5.75 Å². The zero-order valence-corrected chi connectivity index (χ0v) is 14.9. The molecule has 1 aliphatic rings. The monoisotopic (exact) mass is 338 g/mol. The molecule has 0 unspecified atom stereocenters. The summed E-state index contributed by atoms with van der Waals surface area (Å²) in [6, 6.07) is 16.3.